The van der Waals surface area contributed by atoms with Gasteiger partial charge in [0, 0.05) is 24.4 Å². The molecule has 0 spiro atoms. The number of hydrogen-bond acceptors (Lipinski definition) is 3. The minimum absolute atomic E-state index is 0.0189. The molecule has 2 amide bonds. The molecule has 0 saturated heterocycles. The van der Waals surface area contributed by atoms with E-state index < -0.39 is 29.5 Å². The fraction of sp³-hybridized carbons (Fsp3) is 0.273. The lowest BCUT2D eigenvalue weighted by Crippen LogP contribution is -2.44. The first-order valence-corrected chi connectivity index (χ1v) is 5.70. The summed E-state index contributed by atoms with van der Waals surface area (Å²) in [5, 5.41) is 4.66. The van der Waals surface area contributed by atoms with Crippen molar-refractivity contribution in [1.82, 2.24) is 5.32 Å². The summed E-state index contributed by atoms with van der Waals surface area (Å²) in [5.74, 6) is -2.51. The maximum atomic E-state index is 12.9. The topological polar surface area (TPSA) is 58.2 Å². The number of anilines is 1. The molecule has 0 saturated carbocycles. The Labute approximate surface area is 108 Å². The summed E-state index contributed by atoms with van der Waals surface area (Å²) in [4.78, 5) is 22.5. The SMILES string of the molecule is CC(=O)NC(CS)C(=O)Nc1cc(F)cc(F)c1. The number of hydrogen-bond donors (Lipinski definition) is 3. The number of benzene rings is 1. The Morgan fingerprint density at radius 3 is 2.28 bits per heavy atom. The van der Waals surface area contributed by atoms with Crippen LogP contribution < -0.4 is 10.6 Å². The largest absolute Gasteiger partial charge is 0.344 e. The molecule has 0 aliphatic carbocycles. The highest BCUT2D eigenvalue weighted by atomic mass is 32.1. The van der Waals surface area contributed by atoms with Gasteiger partial charge in [0.1, 0.15) is 17.7 Å². The molecular formula is C11H12F2N2O2S. The van der Waals surface area contributed by atoms with Crippen LogP contribution in [0.5, 0.6) is 0 Å². The van der Waals surface area contributed by atoms with E-state index in [0.717, 1.165) is 12.1 Å². The quantitative estimate of drug-likeness (QED) is 0.726. The molecule has 1 atom stereocenters. The predicted molar refractivity (Wildman–Crippen MR) is 66.4 cm³/mol. The Bertz CT molecular complexity index is 448. The average molecular weight is 274 g/mol. The zero-order chi connectivity index (χ0) is 13.7. The fourth-order valence-electron chi connectivity index (χ4n) is 1.29. The van der Waals surface area contributed by atoms with Gasteiger partial charge in [-0.05, 0) is 12.1 Å². The van der Waals surface area contributed by atoms with Gasteiger partial charge in [-0.2, -0.15) is 12.6 Å². The van der Waals surface area contributed by atoms with Crippen LogP contribution in [0.25, 0.3) is 0 Å². The lowest BCUT2D eigenvalue weighted by molar-refractivity contribution is -0.124. The van der Waals surface area contributed by atoms with Crippen LogP contribution in [0.15, 0.2) is 18.2 Å². The van der Waals surface area contributed by atoms with Crippen LogP contribution in [0.4, 0.5) is 14.5 Å². The first-order chi connectivity index (χ1) is 8.42. The third-order valence-corrected chi connectivity index (χ3v) is 2.37. The van der Waals surface area contributed by atoms with E-state index in [0.29, 0.717) is 6.07 Å². The van der Waals surface area contributed by atoms with Gasteiger partial charge in [0.2, 0.25) is 11.8 Å². The van der Waals surface area contributed by atoms with Gasteiger partial charge in [0.05, 0.1) is 0 Å². The van der Waals surface area contributed by atoms with Crippen molar-refractivity contribution in [2.45, 2.75) is 13.0 Å². The monoisotopic (exact) mass is 274 g/mol. The molecule has 2 N–H and O–H groups in total. The summed E-state index contributed by atoms with van der Waals surface area (Å²) in [6.45, 7) is 1.26. The second kappa shape index (κ2) is 6.34. The molecule has 1 aromatic rings. The molecule has 0 heterocycles. The van der Waals surface area contributed by atoms with Crippen LogP contribution in [0.2, 0.25) is 0 Å². The highest BCUT2D eigenvalue weighted by Crippen LogP contribution is 2.13. The molecule has 1 unspecified atom stereocenters. The number of halogens is 2. The van der Waals surface area contributed by atoms with Crippen LogP contribution in [0.1, 0.15) is 6.92 Å². The van der Waals surface area contributed by atoms with Gasteiger partial charge in [-0.15, -0.1) is 0 Å². The summed E-state index contributed by atoms with van der Waals surface area (Å²) in [6, 6.07) is 1.78. The minimum atomic E-state index is -0.864. The van der Waals surface area contributed by atoms with Gasteiger partial charge in [0.25, 0.3) is 0 Å². The average Bonchev–Trinajstić information content (AvgIpc) is 2.23. The van der Waals surface area contributed by atoms with Crippen LogP contribution in [-0.4, -0.2) is 23.6 Å². The van der Waals surface area contributed by atoms with Gasteiger partial charge in [-0.25, -0.2) is 8.78 Å². The molecule has 0 fully saturated rings. The standard InChI is InChI=1S/C11H12F2N2O2S/c1-6(16)14-10(5-18)11(17)15-9-3-7(12)2-8(13)4-9/h2-4,10,18H,5H2,1H3,(H,14,16)(H,15,17). The van der Waals surface area contributed by atoms with Crippen molar-refractivity contribution in [2.24, 2.45) is 0 Å². The molecular weight excluding hydrogens is 262 g/mol. The van der Waals surface area contributed by atoms with Crippen LogP contribution in [0.3, 0.4) is 0 Å². The molecule has 1 aromatic carbocycles. The molecule has 0 bridgehead atoms. The van der Waals surface area contributed by atoms with Crippen molar-refractivity contribution in [2.75, 3.05) is 11.1 Å². The van der Waals surface area contributed by atoms with Crippen LogP contribution in [-0.2, 0) is 9.59 Å². The van der Waals surface area contributed by atoms with E-state index in [1.807, 2.05) is 0 Å². The normalized spacial score (nSPS) is 11.8. The molecule has 1 rings (SSSR count). The summed E-state index contributed by atoms with van der Waals surface area (Å²) >= 11 is 3.91. The number of carbonyl (C=O) groups is 2. The van der Waals surface area contributed by atoms with Gasteiger partial charge in [0.15, 0.2) is 0 Å². The molecule has 0 radical (unpaired) electrons. The highest BCUT2D eigenvalue weighted by Gasteiger charge is 2.18. The van der Waals surface area contributed by atoms with Gasteiger partial charge < -0.3 is 10.6 Å². The first kappa shape index (κ1) is 14.4. The van der Waals surface area contributed by atoms with E-state index >= 15 is 0 Å². The highest BCUT2D eigenvalue weighted by molar-refractivity contribution is 7.80. The lowest BCUT2D eigenvalue weighted by Gasteiger charge is -2.15. The Balaban J connectivity index is 2.76. The fourth-order valence-corrected chi connectivity index (χ4v) is 1.55. The van der Waals surface area contributed by atoms with E-state index in [9.17, 15) is 18.4 Å². The Morgan fingerprint density at radius 2 is 1.83 bits per heavy atom. The maximum Gasteiger partial charge on any atom is 0.247 e. The smallest absolute Gasteiger partial charge is 0.247 e. The number of rotatable bonds is 4. The molecule has 0 aliphatic heterocycles. The summed E-state index contributed by atoms with van der Waals surface area (Å²) in [5.41, 5.74) is -0.0189. The molecule has 0 aliphatic rings. The second-order valence-corrected chi connectivity index (χ2v) is 3.95. The van der Waals surface area contributed by atoms with Crippen molar-refractivity contribution in [3.05, 3.63) is 29.8 Å². The van der Waals surface area contributed by atoms with Crippen molar-refractivity contribution >= 4 is 30.1 Å². The third-order valence-electron chi connectivity index (χ3n) is 2.01. The zero-order valence-corrected chi connectivity index (χ0v) is 10.4. The Kier molecular flexibility index (Phi) is 5.08. The van der Waals surface area contributed by atoms with Gasteiger partial charge >= 0.3 is 0 Å². The Morgan fingerprint density at radius 1 is 1.28 bits per heavy atom. The molecule has 98 valence electrons. The second-order valence-electron chi connectivity index (χ2n) is 3.58. The van der Waals surface area contributed by atoms with Crippen molar-refractivity contribution < 1.29 is 18.4 Å². The van der Waals surface area contributed by atoms with Crippen molar-refractivity contribution in [1.29, 1.82) is 0 Å². The molecule has 4 nitrogen and oxygen atoms in total. The summed E-state index contributed by atoms with van der Waals surface area (Å²) in [7, 11) is 0. The molecule has 0 aromatic heterocycles. The van der Waals surface area contributed by atoms with E-state index in [2.05, 4.69) is 23.3 Å². The van der Waals surface area contributed by atoms with Crippen molar-refractivity contribution in [3.8, 4) is 0 Å². The number of nitrogens with one attached hydrogen (secondary N) is 2. The number of carbonyl (C=O) groups excluding carboxylic acids is 2. The first-order valence-electron chi connectivity index (χ1n) is 5.07. The van der Waals surface area contributed by atoms with Crippen LogP contribution in [0, 0.1) is 11.6 Å². The number of amides is 2. The Hall–Kier alpha value is -1.63. The zero-order valence-electron chi connectivity index (χ0n) is 9.54. The van der Waals surface area contributed by atoms with E-state index in [1.54, 1.807) is 0 Å². The molecule has 18 heavy (non-hydrogen) atoms. The minimum Gasteiger partial charge on any atom is -0.344 e. The third kappa shape index (κ3) is 4.33. The summed E-state index contributed by atoms with van der Waals surface area (Å²) in [6.07, 6.45) is 0. The van der Waals surface area contributed by atoms with Gasteiger partial charge in [-0.3, -0.25) is 9.59 Å². The maximum absolute atomic E-state index is 12.9. The number of thiol groups is 1. The van der Waals surface area contributed by atoms with Crippen LogP contribution >= 0.6 is 12.6 Å². The van der Waals surface area contributed by atoms with E-state index in [1.165, 1.54) is 6.92 Å². The lowest BCUT2D eigenvalue weighted by atomic mass is 10.2. The van der Waals surface area contributed by atoms with Gasteiger partial charge in [-0.1, -0.05) is 0 Å². The molecule has 7 heteroatoms. The van der Waals surface area contributed by atoms with Crippen molar-refractivity contribution in [3.63, 3.8) is 0 Å². The predicted octanol–water partition coefficient (Wildman–Crippen LogP) is 1.34. The van der Waals surface area contributed by atoms with E-state index in [4.69, 9.17) is 0 Å². The van der Waals surface area contributed by atoms with E-state index in [-0.39, 0.29) is 11.4 Å². The summed E-state index contributed by atoms with van der Waals surface area (Å²) < 4.78 is 25.8.